The molecule has 1 aromatic heterocycles. The van der Waals surface area contributed by atoms with Crippen molar-refractivity contribution in [2.24, 2.45) is 0 Å². The summed E-state index contributed by atoms with van der Waals surface area (Å²) in [5, 5.41) is 0. The molecule has 2 heterocycles. The highest BCUT2D eigenvalue weighted by atomic mass is 19.1. The number of benzene rings is 2. The molecular weight excluding hydrogens is 393 g/mol. The molecule has 1 fully saturated rings. The van der Waals surface area contributed by atoms with E-state index in [1.54, 1.807) is 7.05 Å². The molecule has 1 aliphatic heterocycles. The summed E-state index contributed by atoms with van der Waals surface area (Å²) in [5.74, 6) is 4.17. The van der Waals surface area contributed by atoms with Crippen LogP contribution in [0.1, 0.15) is 30.0 Å². The molecule has 0 spiro atoms. The van der Waals surface area contributed by atoms with Gasteiger partial charge in [-0.3, -0.25) is 4.79 Å². The molecule has 1 atom stereocenters. The second kappa shape index (κ2) is 8.04. The van der Waals surface area contributed by atoms with E-state index in [0.717, 1.165) is 16.0 Å². The standard InChI is InChI=1S/C25H20FN3O2/c1-25(20-11-7-4-8-12-20)16-22(30)29(24(31)28(25)2)23-21(26)15-19(17-27-23)14-13-18-9-5-3-6-10-18/h3-12,15,17H,16H2,1-2H3. The van der Waals surface area contributed by atoms with Crippen LogP contribution in [0.2, 0.25) is 0 Å². The Morgan fingerprint density at radius 3 is 2.23 bits per heavy atom. The average molecular weight is 413 g/mol. The van der Waals surface area contributed by atoms with Crippen molar-refractivity contribution in [3.63, 3.8) is 0 Å². The maximum Gasteiger partial charge on any atom is 0.333 e. The number of anilines is 1. The van der Waals surface area contributed by atoms with Gasteiger partial charge in [-0.15, -0.1) is 0 Å². The monoisotopic (exact) mass is 413 g/mol. The third-order valence-electron chi connectivity index (χ3n) is 5.52. The van der Waals surface area contributed by atoms with Gasteiger partial charge in [0.15, 0.2) is 11.6 Å². The third kappa shape index (κ3) is 3.78. The first kappa shape index (κ1) is 20.3. The van der Waals surface area contributed by atoms with Crippen molar-refractivity contribution >= 4 is 17.8 Å². The lowest BCUT2D eigenvalue weighted by Gasteiger charge is -2.45. The summed E-state index contributed by atoms with van der Waals surface area (Å²) in [6, 6.07) is 19.2. The van der Waals surface area contributed by atoms with Crippen molar-refractivity contribution in [3.05, 3.63) is 95.4 Å². The van der Waals surface area contributed by atoms with Crippen LogP contribution in [0.15, 0.2) is 72.9 Å². The van der Waals surface area contributed by atoms with Crippen molar-refractivity contribution < 1.29 is 14.0 Å². The lowest BCUT2D eigenvalue weighted by atomic mass is 9.85. The van der Waals surface area contributed by atoms with Crippen LogP contribution in [-0.4, -0.2) is 28.9 Å². The fraction of sp³-hybridized carbons (Fsp3) is 0.160. The highest BCUT2D eigenvalue weighted by Gasteiger charge is 2.47. The van der Waals surface area contributed by atoms with Gasteiger partial charge in [-0.05, 0) is 30.7 Å². The highest BCUT2D eigenvalue weighted by molar-refractivity contribution is 6.16. The molecule has 1 saturated heterocycles. The van der Waals surface area contributed by atoms with Gasteiger partial charge in [0.2, 0.25) is 5.91 Å². The Hall–Kier alpha value is -3.98. The van der Waals surface area contributed by atoms with Gasteiger partial charge in [0.1, 0.15) is 0 Å². The Kier molecular flexibility index (Phi) is 5.26. The SMILES string of the molecule is CN1C(=O)N(c2ncc(C#Cc3ccccc3)cc2F)C(=O)CC1(C)c1ccccc1. The molecule has 3 aromatic rings. The number of carbonyl (C=O) groups is 2. The van der Waals surface area contributed by atoms with Gasteiger partial charge in [0.25, 0.3) is 0 Å². The topological polar surface area (TPSA) is 53.5 Å². The molecule has 31 heavy (non-hydrogen) atoms. The van der Waals surface area contributed by atoms with Crippen molar-refractivity contribution in [2.75, 3.05) is 11.9 Å². The van der Waals surface area contributed by atoms with Crippen LogP contribution in [0, 0.1) is 17.7 Å². The van der Waals surface area contributed by atoms with E-state index in [4.69, 9.17) is 0 Å². The molecular formula is C25H20FN3O2. The predicted molar refractivity (Wildman–Crippen MR) is 116 cm³/mol. The number of pyridine rings is 1. The molecule has 0 aliphatic carbocycles. The maximum absolute atomic E-state index is 14.9. The first-order valence-corrected chi connectivity index (χ1v) is 9.79. The summed E-state index contributed by atoms with van der Waals surface area (Å²) >= 11 is 0. The second-order valence-electron chi connectivity index (χ2n) is 7.53. The number of rotatable bonds is 2. The number of halogens is 1. The molecule has 0 bridgehead atoms. The van der Waals surface area contributed by atoms with Crippen molar-refractivity contribution in [1.29, 1.82) is 0 Å². The van der Waals surface area contributed by atoms with Crippen LogP contribution >= 0.6 is 0 Å². The van der Waals surface area contributed by atoms with Crippen LogP contribution in [0.25, 0.3) is 0 Å². The Bertz CT molecular complexity index is 1200. The first-order chi connectivity index (χ1) is 14.9. The van der Waals surface area contributed by atoms with Crippen molar-refractivity contribution in [1.82, 2.24) is 9.88 Å². The first-order valence-electron chi connectivity index (χ1n) is 9.79. The fourth-order valence-corrected chi connectivity index (χ4v) is 3.59. The van der Waals surface area contributed by atoms with E-state index in [1.807, 2.05) is 67.6 Å². The van der Waals surface area contributed by atoms with Gasteiger partial charge < -0.3 is 4.90 Å². The van der Waals surface area contributed by atoms with Crippen LogP contribution in [0.3, 0.4) is 0 Å². The zero-order chi connectivity index (χ0) is 22.0. The Labute approximate surface area is 180 Å². The van der Waals surface area contributed by atoms with E-state index < -0.39 is 23.3 Å². The van der Waals surface area contributed by atoms with E-state index in [0.29, 0.717) is 5.56 Å². The molecule has 3 amide bonds. The summed E-state index contributed by atoms with van der Waals surface area (Å²) in [6.45, 7) is 1.82. The lowest BCUT2D eigenvalue weighted by molar-refractivity contribution is -0.122. The summed E-state index contributed by atoms with van der Waals surface area (Å²) in [7, 11) is 1.60. The minimum absolute atomic E-state index is 0.00986. The van der Waals surface area contributed by atoms with Crippen molar-refractivity contribution in [2.45, 2.75) is 18.9 Å². The molecule has 4 rings (SSSR count). The fourth-order valence-electron chi connectivity index (χ4n) is 3.59. The third-order valence-corrected chi connectivity index (χ3v) is 5.52. The minimum Gasteiger partial charge on any atom is -0.317 e. The lowest BCUT2D eigenvalue weighted by Crippen LogP contribution is -2.60. The number of hydrogen-bond donors (Lipinski definition) is 0. The average Bonchev–Trinajstić information content (AvgIpc) is 2.79. The Morgan fingerprint density at radius 2 is 1.58 bits per heavy atom. The van der Waals surface area contributed by atoms with Gasteiger partial charge in [-0.2, -0.15) is 0 Å². The van der Waals surface area contributed by atoms with Crippen LogP contribution < -0.4 is 4.90 Å². The second-order valence-corrected chi connectivity index (χ2v) is 7.53. The van der Waals surface area contributed by atoms with Gasteiger partial charge in [-0.25, -0.2) is 19.1 Å². The predicted octanol–water partition coefficient (Wildman–Crippen LogP) is 4.32. The number of hydrogen-bond acceptors (Lipinski definition) is 3. The smallest absolute Gasteiger partial charge is 0.317 e. The maximum atomic E-state index is 14.9. The van der Waals surface area contributed by atoms with Gasteiger partial charge in [0, 0.05) is 24.4 Å². The number of urea groups is 1. The zero-order valence-electron chi connectivity index (χ0n) is 17.2. The van der Waals surface area contributed by atoms with E-state index in [-0.39, 0.29) is 12.2 Å². The summed E-state index contributed by atoms with van der Waals surface area (Å²) in [5.41, 5.74) is 1.14. The molecule has 1 unspecified atom stereocenters. The van der Waals surface area contributed by atoms with Gasteiger partial charge in [0.05, 0.1) is 12.0 Å². The molecule has 2 aromatic carbocycles. The van der Waals surface area contributed by atoms with Crippen molar-refractivity contribution in [3.8, 4) is 11.8 Å². The van der Waals surface area contributed by atoms with E-state index in [9.17, 15) is 14.0 Å². The molecule has 5 nitrogen and oxygen atoms in total. The quantitative estimate of drug-likeness (QED) is 0.588. The Morgan fingerprint density at radius 1 is 0.968 bits per heavy atom. The summed E-state index contributed by atoms with van der Waals surface area (Å²) in [6.07, 6.45) is 1.37. The van der Waals surface area contributed by atoms with Gasteiger partial charge in [-0.1, -0.05) is 60.4 Å². The Balaban J connectivity index is 1.62. The molecule has 0 saturated carbocycles. The molecule has 0 radical (unpaired) electrons. The number of imide groups is 1. The van der Waals surface area contributed by atoms with Crippen LogP contribution in [0.5, 0.6) is 0 Å². The molecule has 154 valence electrons. The van der Waals surface area contributed by atoms with E-state index in [2.05, 4.69) is 16.8 Å². The molecule has 0 N–H and O–H groups in total. The molecule has 1 aliphatic rings. The van der Waals surface area contributed by atoms with Crippen LogP contribution in [-0.2, 0) is 10.3 Å². The van der Waals surface area contributed by atoms with Gasteiger partial charge >= 0.3 is 6.03 Å². The van der Waals surface area contributed by atoms with Crippen LogP contribution in [0.4, 0.5) is 15.0 Å². The number of amides is 3. The van der Waals surface area contributed by atoms with E-state index >= 15 is 0 Å². The number of nitrogens with zero attached hydrogens (tertiary/aromatic N) is 3. The highest BCUT2D eigenvalue weighted by Crippen LogP contribution is 2.37. The van der Waals surface area contributed by atoms with E-state index in [1.165, 1.54) is 17.2 Å². The molecule has 6 heteroatoms. The zero-order valence-corrected chi connectivity index (χ0v) is 17.2. The summed E-state index contributed by atoms with van der Waals surface area (Å²) < 4.78 is 14.9. The normalized spacial score (nSPS) is 18.5. The minimum atomic E-state index is -0.830. The summed E-state index contributed by atoms with van der Waals surface area (Å²) in [4.78, 5) is 32.3. The number of aromatic nitrogens is 1. The number of carbonyl (C=O) groups excluding carboxylic acids is 2. The largest absolute Gasteiger partial charge is 0.333 e.